The van der Waals surface area contributed by atoms with Crippen LogP contribution in [0.5, 0.6) is 11.5 Å². The number of non-ortho nitro benzene ring substituents is 2. The Morgan fingerprint density at radius 3 is 1.35 bits per heavy atom. The summed E-state index contributed by atoms with van der Waals surface area (Å²) in [6.07, 6.45) is 6.26. The second-order valence-electron chi connectivity index (χ2n) is 11.9. The van der Waals surface area contributed by atoms with Gasteiger partial charge in [0.05, 0.1) is 21.9 Å². The van der Waals surface area contributed by atoms with Crippen molar-refractivity contribution in [3.8, 4) is 11.5 Å². The third-order valence-electron chi connectivity index (χ3n) is 6.79. The van der Waals surface area contributed by atoms with E-state index >= 15 is 0 Å². The molecule has 0 spiro atoms. The van der Waals surface area contributed by atoms with E-state index in [4.69, 9.17) is 0 Å². The number of phenolic OH excluding ortho intramolecular Hbond substituents is 2. The zero-order chi connectivity index (χ0) is 28.4. The molecule has 0 amide bonds. The van der Waals surface area contributed by atoms with Crippen LogP contribution >= 0.6 is 0 Å². The Morgan fingerprint density at radius 2 is 1.07 bits per heavy atom. The number of benzene rings is 2. The number of aliphatic imine (C=N–C) groups is 2. The van der Waals surface area contributed by atoms with Crippen molar-refractivity contribution in [2.24, 2.45) is 9.98 Å². The van der Waals surface area contributed by atoms with E-state index < -0.39 is 20.7 Å². The van der Waals surface area contributed by atoms with Gasteiger partial charge in [-0.05, 0) is 23.7 Å². The standard InChI is InChI=1S/C28H36N4O6.ClH.Mn/c1-27(2,3)21-13-19(31(35)36)11-17(25(21)33)15-29-23-9-7-8-10-24(23)30-16-18-12-20(32(37)38)14-22(26(18)34)28(4,5)6;;/h11-16,23-24,33-34H,7-10H2,1-6H3;1H;/p-1/t23-,24-;;/m1../s1. The predicted octanol–water partition coefficient (Wildman–Crippen LogP) is 3.36. The molecule has 1 aliphatic carbocycles. The molecular formula is C28H36ClMnN4O6-. The quantitative estimate of drug-likeness (QED) is 0.220. The number of nitro groups is 2. The summed E-state index contributed by atoms with van der Waals surface area (Å²) in [5.74, 6) is -0.0853. The summed E-state index contributed by atoms with van der Waals surface area (Å²) in [7, 11) is 0. The van der Waals surface area contributed by atoms with E-state index in [-0.39, 0.29) is 75.6 Å². The Labute approximate surface area is 251 Å². The van der Waals surface area contributed by atoms with Gasteiger partial charge in [-0.2, -0.15) is 0 Å². The Hall–Kier alpha value is -3.01. The Bertz CT molecular complexity index is 1200. The zero-order valence-corrected chi connectivity index (χ0v) is 25.5. The summed E-state index contributed by atoms with van der Waals surface area (Å²) in [5.41, 5.74) is 0.188. The molecule has 0 heterocycles. The molecule has 1 radical (unpaired) electrons. The maximum atomic E-state index is 11.5. The molecule has 40 heavy (non-hydrogen) atoms. The van der Waals surface area contributed by atoms with Crippen molar-refractivity contribution in [1.82, 2.24) is 0 Å². The average Bonchev–Trinajstić information content (AvgIpc) is 2.81. The van der Waals surface area contributed by atoms with Gasteiger partial charge in [0.1, 0.15) is 11.5 Å². The molecule has 3 rings (SSSR count). The van der Waals surface area contributed by atoms with E-state index in [1.165, 1.54) is 36.7 Å². The molecule has 0 saturated heterocycles. The van der Waals surface area contributed by atoms with E-state index in [2.05, 4.69) is 9.98 Å². The van der Waals surface area contributed by atoms with E-state index in [1.54, 1.807) is 0 Å². The first-order chi connectivity index (χ1) is 17.6. The van der Waals surface area contributed by atoms with Crippen molar-refractivity contribution in [2.45, 2.75) is 90.1 Å². The van der Waals surface area contributed by atoms with Crippen LogP contribution < -0.4 is 12.4 Å². The van der Waals surface area contributed by atoms with E-state index in [9.17, 15) is 30.4 Å². The number of aromatic hydroxyl groups is 2. The normalized spacial score (nSPS) is 17.9. The van der Waals surface area contributed by atoms with Gasteiger partial charge in [0.2, 0.25) is 0 Å². The topological polar surface area (TPSA) is 151 Å². The summed E-state index contributed by atoms with van der Waals surface area (Å²) in [5, 5.41) is 44.7. The number of phenols is 2. The number of halogens is 1. The minimum atomic E-state index is -0.511. The summed E-state index contributed by atoms with van der Waals surface area (Å²) in [6, 6.07) is 4.89. The maximum absolute atomic E-state index is 11.5. The van der Waals surface area contributed by atoms with Gasteiger partial charge in [-0.3, -0.25) is 30.2 Å². The van der Waals surface area contributed by atoms with Gasteiger partial charge in [-0.25, -0.2) is 0 Å². The molecule has 1 fully saturated rings. The summed E-state index contributed by atoms with van der Waals surface area (Å²) < 4.78 is 0. The molecule has 1 saturated carbocycles. The average molecular weight is 615 g/mol. The second kappa shape index (κ2) is 13.6. The molecule has 2 aromatic rings. The third kappa shape index (κ3) is 8.25. The smallest absolute Gasteiger partial charge is 0.270 e. The SMILES string of the molecule is CC(C)(C)c1cc([N+](=O)[O-])cc(C=N[C@@H]2CCCC[C@H]2N=Cc2cc([N+](=O)[O-])cc(C(C)(C)C)c2O)c1O.[Cl-].[Mn]. The number of nitro benzene ring substituents is 2. The van der Waals surface area contributed by atoms with Crippen molar-refractivity contribution in [1.29, 1.82) is 0 Å². The summed E-state index contributed by atoms with van der Waals surface area (Å²) in [6.45, 7) is 11.2. The largest absolute Gasteiger partial charge is 1.00 e. The van der Waals surface area contributed by atoms with Crippen molar-refractivity contribution in [3.05, 3.63) is 66.7 Å². The first-order valence-corrected chi connectivity index (χ1v) is 12.7. The van der Waals surface area contributed by atoms with Crippen LogP contribution in [-0.2, 0) is 27.9 Å². The minimum absolute atomic E-state index is 0. The van der Waals surface area contributed by atoms with E-state index in [0.717, 1.165) is 25.7 Å². The van der Waals surface area contributed by atoms with Crippen LogP contribution in [0.25, 0.3) is 0 Å². The molecule has 2 atom stereocenters. The van der Waals surface area contributed by atoms with Crippen LogP contribution in [0.2, 0.25) is 0 Å². The van der Waals surface area contributed by atoms with Crippen LogP contribution in [0.15, 0.2) is 34.3 Å². The molecule has 0 bridgehead atoms. The molecule has 219 valence electrons. The van der Waals surface area contributed by atoms with Crippen LogP contribution in [0.3, 0.4) is 0 Å². The van der Waals surface area contributed by atoms with Gasteiger partial charge in [0.15, 0.2) is 0 Å². The minimum Gasteiger partial charge on any atom is -1.00 e. The van der Waals surface area contributed by atoms with Crippen LogP contribution in [-0.4, -0.2) is 44.6 Å². The molecule has 2 N–H and O–H groups in total. The van der Waals surface area contributed by atoms with Gasteiger partial charge >= 0.3 is 0 Å². The molecule has 12 heteroatoms. The zero-order valence-electron chi connectivity index (χ0n) is 23.5. The first-order valence-electron chi connectivity index (χ1n) is 12.7. The molecule has 0 aliphatic heterocycles. The number of hydrogen-bond donors (Lipinski definition) is 2. The molecular weight excluding hydrogens is 579 g/mol. The third-order valence-corrected chi connectivity index (χ3v) is 6.79. The van der Waals surface area contributed by atoms with Crippen LogP contribution in [0, 0.1) is 20.2 Å². The maximum Gasteiger partial charge on any atom is 0.270 e. The van der Waals surface area contributed by atoms with Crippen molar-refractivity contribution >= 4 is 23.8 Å². The summed E-state index contributed by atoms with van der Waals surface area (Å²) >= 11 is 0. The van der Waals surface area contributed by atoms with Crippen LogP contribution in [0.1, 0.15) is 89.5 Å². The van der Waals surface area contributed by atoms with Gasteiger partial charge in [-0.15, -0.1) is 0 Å². The molecule has 2 aromatic carbocycles. The van der Waals surface area contributed by atoms with Gasteiger partial charge < -0.3 is 22.6 Å². The van der Waals surface area contributed by atoms with Crippen molar-refractivity contribution < 1.29 is 49.5 Å². The van der Waals surface area contributed by atoms with Crippen molar-refractivity contribution in [2.75, 3.05) is 0 Å². The molecule has 10 nitrogen and oxygen atoms in total. The second-order valence-corrected chi connectivity index (χ2v) is 11.9. The molecule has 0 aromatic heterocycles. The number of rotatable bonds is 6. The molecule has 1 aliphatic rings. The predicted molar refractivity (Wildman–Crippen MR) is 148 cm³/mol. The fourth-order valence-electron chi connectivity index (χ4n) is 4.62. The van der Waals surface area contributed by atoms with E-state index in [0.29, 0.717) is 11.1 Å². The van der Waals surface area contributed by atoms with Crippen LogP contribution in [0.4, 0.5) is 11.4 Å². The Morgan fingerprint density at radius 1 is 0.750 bits per heavy atom. The summed E-state index contributed by atoms with van der Waals surface area (Å²) in [4.78, 5) is 31.3. The fourth-order valence-corrected chi connectivity index (χ4v) is 4.62. The Balaban J connectivity index is 0.00000400. The van der Waals surface area contributed by atoms with E-state index in [1.807, 2.05) is 41.5 Å². The van der Waals surface area contributed by atoms with Crippen molar-refractivity contribution in [3.63, 3.8) is 0 Å². The van der Waals surface area contributed by atoms with Gasteiger partial charge in [-0.1, -0.05) is 54.4 Å². The Kier molecular flexibility index (Phi) is 11.9. The van der Waals surface area contributed by atoms with Gasteiger partial charge in [0, 0.05) is 76.0 Å². The number of nitrogens with zero attached hydrogens (tertiary/aromatic N) is 4. The fraction of sp³-hybridized carbons (Fsp3) is 0.500. The first kappa shape index (κ1) is 35.0. The molecule has 0 unspecified atom stereocenters. The number of hydrogen-bond acceptors (Lipinski definition) is 8. The monoisotopic (exact) mass is 614 g/mol. The van der Waals surface area contributed by atoms with Gasteiger partial charge in [0.25, 0.3) is 11.4 Å².